The van der Waals surface area contributed by atoms with E-state index in [1.807, 2.05) is 18.2 Å². The Kier molecular flexibility index (Phi) is 6.54. The number of carbonyl (C=O) groups is 1. The molecule has 0 unspecified atom stereocenters. The van der Waals surface area contributed by atoms with Gasteiger partial charge in [-0.3, -0.25) is 9.36 Å². The number of ether oxygens (including phenoxy) is 3. The molecule has 0 amide bonds. The van der Waals surface area contributed by atoms with E-state index < -0.39 is 0 Å². The molecule has 1 N–H and O–H groups in total. The van der Waals surface area contributed by atoms with E-state index in [-0.39, 0.29) is 18.2 Å². The molecule has 4 aromatic rings. The fourth-order valence-electron chi connectivity index (χ4n) is 5.39. The zero-order valence-corrected chi connectivity index (χ0v) is 22.1. The van der Waals surface area contributed by atoms with E-state index in [1.165, 1.54) is 16.7 Å². The van der Waals surface area contributed by atoms with Crippen LogP contribution in [0.25, 0.3) is 16.7 Å². The first kappa shape index (κ1) is 24.5. The third kappa shape index (κ3) is 4.52. The van der Waals surface area contributed by atoms with Crippen molar-refractivity contribution in [3.05, 3.63) is 82.7 Å². The number of aromatic nitrogens is 2. The minimum absolute atomic E-state index is 0.00993. The second-order valence-corrected chi connectivity index (χ2v) is 10.1. The molecule has 3 aromatic carbocycles. The number of fused-ring (bicyclic) bond motifs is 2. The molecule has 2 atom stereocenters. The minimum atomic E-state index is -0.336. The molecule has 0 bridgehead atoms. The van der Waals surface area contributed by atoms with Crippen LogP contribution in [0, 0.1) is 13.8 Å². The van der Waals surface area contributed by atoms with E-state index in [0.29, 0.717) is 19.6 Å². The van der Waals surface area contributed by atoms with Crippen LogP contribution in [0.3, 0.4) is 0 Å². The van der Waals surface area contributed by atoms with Gasteiger partial charge in [-0.1, -0.05) is 25.1 Å². The Hall–Kier alpha value is -3.84. The number of rotatable bonds is 7. The number of anilines is 1. The predicted molar refractivity (Wildman–Crippen MR) is 147 cm³/mol. The Morgan fingerprint density at radius 2 is 2.05 bits per heavy atom. The van der Waals surface area contributed by atoms with Crippen LogP contribution in [0.15, 0.2) is 54.6 Å². The van der Waals surface area contributed by atoms with Gasteiger partial charge in [0.15, 0.2) is 6.10 Å². The van der Waals surface area contributed by atoms with Crippen LogP contribution >= 0.6 is 0 Å². The number of hydrogen-bond donors (Lipinski definition) is 1. The fourth-order valence-corrected chi connectivity index (χ4v) is 5.39. The summed E-state index contributed by atoms with van der Waals surface area (Å²) >= 11 is 0. The quantitative estimate of drug-likeness (QED) is 0.286. The average Bonchev–Trinajstić information content (AvgIpc) is 3.67. The highest BCUT2D eigenvalue weighted by Crippen LogP contribution is 2.37. The summed E-state index contributed by atoms with van der Waals surface area (Å²) in [6.45, 7) is 7.86. The molecule has 1 aromatic heterocycles. The van der Waals surface area contributed by atoms with Crippen molar-refractivity contribution in [2.75, 3.05) is 18.5 Å². The molecule has 0 radical (unpaired) electrons. The molecule has 6 rings (SSSR count). The Balaban J connectivity index is 1.27. The first-order valence-corrected chi connectivity index (χ1v) is 13.4. The predicted octanol–water partition coefficient (Wildman–Crippen LogP) is 6.49. The largest absolute Gasteiger partial charge is 0.489 e. The number of carbonyl (C=O) groups excluding carboxylic acids is 1. The number of benzene rings is 3. The van der Waals surface area contributed by atoms with Gasteiger partial charge in [0.1, 0.15) is 24.3 Å². The summed E-state index contributed by atoms with van der Waals surface area (Å²) in [7, 11) is 0. The third-order valence-electron chi connectivity index (χ3n) is 7.51. The van der Waals surface area contributed by atoms with Gasteiger partial charge < -0.3 is 19.5 Å². The van der Waals surface area contributed by atoms with Gasteiger partial charge in [-0.05, 0) is 73.7 Å². The highest BCUT2D eigenvalue weighted by Gasteiger charge is 2.28. The van der Waals surface area contributed by atoms with Gasteiger partial charge in [-0.2, -0.15) is 0 Å². The van der Waals surface area contributed by atoms with Gasteiger partial charge in [0, 0.05) is 36.9 Å². The number of imidazole rings is 1. The van der Waals surface area contributed by atoms with Crippen molar-refractivity contribution >= 4 is 22.7 Å². The monoisotopic (exact) mass is 511 g/mol. The highest BCUT2D eigenvalue weighted by atomic mass is 16.6. The first-order chi connectivity index (χ1) is 18.5. The lowest BCUT2D eigenvalue weighted by molar-refractivity contribution is -0.149. The fraction of sp³-hybridized carbons (Fsp3) is 0.355. The van der Waals surface area contributed by atoms with E-state index in [2.05, 4.69) is 60.1 Å². The van der Waals surface area contributed by atoms with Gasteiger partial charge in [0.05, 0.1) is 16.7 Å². The van der Waals surface area contributed by atoms with Crippen LogP contribution in [-0.4, -0.2) is 28.7 Å². The molecule has 0 aliphatic carbocycles. The van der Waals surface area contributed by atoms with Gasteiger partial charge in [0.25, 0.3) is 0 Å². The van der Waals surface area contributed by atoms with Crippen LogP contribution in [-0.2, 0) is 20.8 Å². The van der Waals surface area contributed by atoms with E-state index in [4.69, 9.17) is 19.2 Å². The van der Waals surface area contributed by atoms with Gasteiger partial charge in [-0.25, -0.2) is 4.98 Å². The second kappa shape index (κ2) is 10.1. The number of aryl methyl sites for hydroxylation is 1. The summed E-state index contributed by atoms with van der Waals surface area (Å²) in [6, 6.07) is 18.9. The summed E-state index contributed by atoms with van der Waals surface area (Å²) in [4.78, 5) is 16.8. The summed E-state index contributed by atoms with van der Waals surface area (Å²) < 4.78 is 19.7. The summed E-state index contributed by atoms with van der Waals surface area (Å²) in [5.41, 5.74) is 8.69. The van der Waals surface area contributed by atoms with E-state index in [9.17, 15) is 4.79 Å². The lowest BCUT2D eigenvalue weighted by atomic mass is 10.1. The zero-order valence-electron chi connectivity index (χ0n) is 22.1. The molecule has 0 spiro atoms. The molecule has 2 aliphatic rings. The van der Waals surface area contributed by atoms with Gasteiger partial charge >= 0.3 is 5.97 Å². The van der Waals surface area contributed by atoms with Crippen molar-refractivity contribution < 1.29 is 19.0 Å². The molecule has 1 fully saturated rings. The van der Waals surface area contributed by atoms with Crippen molar-refractivity contribution in [3.63, 3.8) is 0 Å². The van der Waals surface area contributed by atoms with E-state index in [1.54, 1.807) is 6.92 Å². The first-order valence-electron chi connectivity index (χ1n) is 13.4. The molecule has 196 valence electrons. The van der Waals surface area contributed by atoms with Crippen LogP contribution in [0.2, 0.25) is 0 Å². The summed E-state index contributed by atoms with van der Waals surface area (Å²) in [5, 5.41) is 3.55. The minimum Gasteiger partial charge on any atom is -0.489 e. The maximum Gasteiger partial charge on any atom is 0.306 e. The van der Waals surface area contributed by atoms with Crippen LogP contribution in [0.5, 0.6) is 5.75 Å². The molecule has 3 heterocycles. The molecular weight excluding hydrogens is 478 g/mol. The maximum atomic E-state index is 11.7. The van der Waals surface area contributed by atoms with Crippen molar-refractivity contribution in [1.29, 1.82) is 0 Å². The Bertz CT molecular complexity index is 1500. The summed E-state index contributed by atoms with van der Waals surface area (Å²) in [5.74, 6) is 1.52. The van der Waals surface area contributed by atoms with Gasteiger partial charge in [0.2, 0.25) is 0 Å². The molecule has 0 saturated carbocycles. The van der Waals surface area contributed by atoms with Crippen molar-refractivity contribution in [2.24, 2.45) is 0 Å². The third-order valence-corrected chi connectivity index (χ3v) is 7.51. The number of hydrogen-bond acceptors (Lipinski definition) is 6. The molecule has 1 saturated heterocycles. The molecule has 2 aliphatic heterocycles. The summed E-state index contributed by atoms with van der Waals surface area (Å²) in [6.07, 6.45) is 2.07. The highest BCUT2D eigenvalue weighted by molar-refractivity contribution is 5.79. The molecule has 7 heteroatoms. The second-order valence-electron chi connectivity index (χ2n) is 10.1. The molecule has 7 nitrogen and oxygen atoms in total. The Morgan fingerprint density at radius 3 is 2.87 bits per heavy atom. The van der Waals surface area contributed by atoms with Crippen LogP contribution in [0.4, 0.5) is 5.69 Å². The smallest absolute Gasteiger partial charge is 0.306 e. The molecular formula is C31H33N3O4. The maximum absolute atomic E-state index is 11.7. The normalized spacial score (nSPS) is 18.4. The van der Waals surface area contributed by atoms with E-state index >= 15 is 0 Å². The lowest BCUT2D eigenvalue weighted by Gasteiger charge is -2.18. The Morgan fingerprint density at radius 1 is 1.16 bits per heavy atom. The topological polar surface area (TPSA) is 74.6 Å². The van der Waals surface area contributed by atoms with Crippen molar-refractivity contribution in [2.45, 2.75) is 58.8 Å². The Labute approximate surface area is 222 Å². The average molecular weight is 512 g/mol. The van der Waals surface area contributed by atoms with Crippen LogP contribution in [0.1, 0.15) is 66.5 Å². The zero-order chi connectivity index (χ0) is 26.2. The van der Waals surface area contributed by atoms with Gasteiger partial charge in [-0.15, -0.1) is 0 Å². The standard InChI is InChI=1S/C31H33N3O4/c1-4-30(35)38-29-18-37-28-16-22(11-12-23(28)29)32-17-21-7-5-8-25(20(21)3)34-26-13-10-19(2)15-24(26)33-31(34)27-9-6-14-36-27/h5,7-8,10-13,15-16,27,29,32H,4,6,9,14,17-18H2,1-3H3/t27-,29-/m1/s1. The van der Waals surface area contributed by atoms with Crippen LogP contribution < -0.4 is 10.1 Å². The lowest BCUT2D eigenvalue weighted by Crippen LogP contribution is -2.11. The number of esters is 1. The van der Waals surface area contributed by atoms with E-state index in [0.717, 1.165) is 59.0 Å². The number of nitrogens with zero attached hydrogens (tertiary/aromatic N) is 2. The van der Waals surface area contributed by atoms with Crippen molar-refractivity contribution in [3.8, 4) is 11.4 Å². The van der Waals surface area contributed by atoms with Crippen molar-refractivity contribution in [1.82, 2.24) is 9.55 Å². The number of nitrogens with one attached hydrogen (secondary N) is 1. The molecule has 38 heavy (non-hydrogen) atoms. The SMILES string of the molecule is CCC(=O)O[C@@H]1COc2cc(NCc3cccc(-n4c([C@H]5CCCO5)nc5cc(C)ccc54)c3C)ccc21.